The van der Waals surface area contributed by atoms with E-state index in [0.29, 0.717) is 12.4 Å². The average molecular weight is 373 g/mol. The number of carbonyl (C=O) groups is 1. The number of halogens is 1. The third-order valence-electron chi connectivity index (χ3n) is 4.36. The number of ether oxygens (including phenoxy) is 2. The van der Waals surface area contributed by atoms with Gasteiger partial charge >= 0.3 is 0 Å². The van der Waals surface area contributed by atoms with Gasteiger partial charge in [0.25, 0.3) is 0 Å². The zero-order valence-electron chi connectivity index (χ0n) is 16.0. The van der Waals surface area contributed by atoms with E-state index >= 15 is 0 Å². The SMILES string of the molecule is CCCCOc1ccc(C(C)NC(=O)C(N)C(C)CC)cc1OC.Cl. The highest BCUT2D eigenvalue weighted by molar-refractivity contribution is 5.85. The van der Waals surface area contributed by atoms with Crippen molar-refractivity contribution in [2.45, 2.75) is 59.0 Å². The van der Waals surface area contributed by atoms with E-state index in [1.807, 2.05) is 39.0 Å². The molecule has 3 unspecified atom stereocenters. The lowest BCUT2D eigenvalue weighted by atomic mass is 9.98. The fraction of sp³-hybridized carbons (Fsp3) is 0.632. The monoisotopic (exact) mass is 372 g/mol. The Morgan fingerprint density at radius 2 is 1.92 bits per heavy atom. The van der Waals surface area contributed by atoms with Crippen molar-refractivity contribution in [3.05, 3.63) is 23.8 Å². The smallest absolute Gasteiger partial charge is 0.237 e. The predicted molar refractivity (Wildman–Crippen MR) is 105 cm³/mol. The fourth-order valence-electron chi connectivity index (χ4n) is 2.30. The van der Waals surface area contributed by atoms with Gasteiger partial charge in [-0.25, -0.2) is 0 Å². The number of carbonyl (C=O) groups excluding carboxylic acids is 1. The Morgan fingerprint density at radius 3 is 2.48 bits per heavy atom. The van der Waals surface area contributed by atoms with E-state index in [0.717, 1.165) is 30.6 Å². The summed E-state index contributed by atoms with van der Waals surface area (Å²) in [5.41, 5.74) is 6.95. The Bertz CT molecular complexity index is 525. The van der Waals surface area contributed by atoms with Gasteiger partial charge < -0.3 is 20.5 Å². The molecule has 1 aromatic rings. The predicted octanol–water partition coefficient (Wildman–Crippen LogP) is 3.85. The number of nitrogens with one attached hydrogen (secondary N) is 1. The molecule has 0 spiro atoms. The highest BCUT2D eigenvalue weighted by Gasteiger charge is 2.21. The first-order valence-corrected chi connectivity index (χ1v) is 8.81. The van der Waals surface area contributed by atoms with Gasteiger partial charge in [-0.3, -0.25) is 4.79 Å². The lowest BCUT2D eigenvalue weighted by molar-refractivity contribution is -0.124. The van der Waals surface area contributed by atoms with E-state index in [1.165, 1.54) is 0 Å². The van der Waals surface area contributed by atoms with Gasteiger partial charge in [0.15, 0.2) is 11.5 Å². The van der Waals surface area contributed by atoms with Gasteiger partial charge in [0.2, 0.25) is 5.91 Å². The van der Waals surface area contributed by atoms with Crippen LogP contribution in [0.3, 0.4) is 0 Å². The summed E-state index contributed by atoms with van der Waals surface area (Å²) in [7, 11) is 1.62. The van der Waals surface area contributed by atoms with E-state index in [4.69, 9.17) is 15.2 Å². The van der Waals surface area contributed by atoms with Gasteiger partial charge in [-0.2, -0.15) is 0 Å². The van der Waals surface area contributed by atoms with E-state index in [1.54, 1.807) is 7.11 Å². The molecular weight excluding hydrogens is 340 g/mol. The molecule has 0 aliphatic carbocycles. The molecule has 1 rings (SSSR count). The molecule has 0 fully saturated rings. The maximum Gasteiger partial charge on any atom is 0.237 e. The van der Waals surface area contributed by atoms with E-state index in [-0.39, 0.29) is 30.3 Å². The summed E-state index contributed by atoms with van der Waals surface area (Å²) >= 11 is 0. The fourth-order valence-corrected chi connectivity index (χ4v) is 2.30. The third kappa shape index (κ3) is 7.12. The molecule has 0 heterocycles. The van der Waals surface area contributed by atoms with Crippen LogP contribution in [0.1, 0.15) is 58.6 Å². The van der Waals surface area contributed by atoms with E-state index in [2.05, 4.69) is 12.2 Å². The molecule has 3 N–H and O–H groups in total. The van der Waals surface area contributed by atoms with Crippen LogP contribution in [0.2, 0.25) is 0 Å². The molecule has 0 saturated heterocycles. The average Bonchev–Trinajstić information content (AvgIpc) is 2.60. The maximum atomic E-state index is 12.2. The van der Waals surface area contributed by atoms with Crippen molar-refractivity contribution < 1.29 is 14.3 Å². The van der Waals surface area contributed by atoms with Gasteiger partial charge in [-0.1, -0.05) is 39.7 Å². The van der Waals surface area contributed by atoms with Crippen LogP contribution in [0, 0.1) is 5.92 Å². The zero-order valence-corrected chi connectivity index (χ0v) is 16.8. The largest absolute Gasteiger partial charge is 0.493 e. The standard InChI is InChI=1S/C19H32N2O3.ClH/c1-6-8-11-24-16-10-9-15(12-17(16)23-5)14(4)21-19(22)18(20)13(3)7-2;/h9-10,12-14,18H,6-8,11,20H2,1-5H3,(H,21,22);1H. The number of methoxy groups -OCH3 is 1. The number of unbranched alkanes of at least 4 members (excludes halogenated alkanes) is 1. The molecule has 0 aliphatic rings. The maximum absolute atomic E-state index is 12.2. The third-order valence-corrected chi connectivity index (χ3v) is 4.36. The van der Waals surface area contributed by atoms with Crippen molar-refractivity contribution in [3.63, 3.8) is 0 Å². The molecule has 6 heteroatoms. The molecule has 5 nitrogen and oxygen atoms in total. The molecule has 0 saturated carbocycles. The van der Waals surface area contributed by atoms with Crippen LogP contribution < -0.4 is 20.5 Å². The lowest BCUT2D eigenvalue weighted by Gasteiger charge is -2.22. The summed E-state index contributed by atoms with van der Waals surface area (Å²) in [6, 6.07) is 5.10. The number of hydrogen-bond donors (Lipinski definition) is 2. The first-order valence-electron chi connectivity index (χ1n) is 8.81. The number of amides is 1. The summed E-state index contributed by atoms with van der Waals surface area (Å²) in [6.07, 6.45) is 2.96. The van der Waals surface area contributed by atoms with Gasteiger partial charge in [-0.05, 0) is 37.0 Å². The minimum Gasteiger partial charge on any atom is -0.493 e. The Morgan fingerprint density at radius 1 is 1.24 bits per heavy atom. The summed E-state index contributed by atoms with van der Waals surface area (Å²) in [4.78, 5) is 12.2. The van der Waals surface area contributed by atoms with Crippen molar-refractivity contribution in [2.75, 3.05) is 13.7 Å². The molecule has 1 amide bonds. The zero-order chi connectivity index (χ0) is 18.1. The summed E-state index contributed by atoms with van der Waals surface area (Å²) in [6.45, 7) is 8.75. The van der Waals surface area contributed by atoms with Crippen molar-refractivity contribution in [1.82, 2.24) is 5.32 Å². The van der Waals surface area contributed by atoms with Gasteiger partial charge in [0, 0.05) is 0 Å². The lowest BCUT2D eigenvalue weighted by Crippen LogP contribution is -2.45. The topological polar surface area (TPSA) is 73.6 Å². The van der Waals surface area contributed by atoms with Crippen molar-refractivity contribution in [3.8, 4) is 11.5 Å². The van der Waals surface area contributed by atoms with E-state index in [9.17, 15) is 4.79 Å². The van der Waals surface area contributed by atoms with Crippen molar-refractivity contribution in [2.24, 2.45) is 11.7 Å². The molecular formula is C19H33ClN2O3. The first kappa shape index (κ1) is 23.5. The van der Waals surface area contributed by atoms with Gasteiger partial charge in [-0.15, -0.1) is 12.4 Å². The Balaban J connectivity index is 0.00000576. The molecule has 0 aromatic heterocycles. The number of nitrogens with two attached hydrogens (primary N) is 1. The molecule has 144 valence electrons. The van der Waals surface area contributed by atoms with Crippen LogP contribution in [0.15, 0.2) is 18.2 Å². The number of hydrogen-bond acceptors (Lipinski definition) is 4. The Labute approximate surface area is 158 Å². The minimum atomic E-state index is -0.490. The minimum absolute atomic E-state index is 0. The quantitative estimate of drug-likeness (QED) is 0.612. The normalized spacial score (nSPS) is 14.0. The molecule has 25 heavy (non-hydrogen) atoms. The second kappa shape index (κ2) is 12.0. The highest BCUT2D eigenvalue weighted by atomic mass is 35.5. The molecule has 3 atom stereocenters. The van der Waals surface area contributed by atoms with Crippen LogP contribution in [0.25, 0.3) is 0 Å². The summed E-state index contributed by atoms with van der Waals surface area (Å²) < 4.78 is 11.1. The van der Waals surface area contributed by atoms with Crippen LogP contribution in [0.4, 0.5) is 0 Å². The Hall–Kier alpha value is -1.46. The summed E-state index contributed by atoms with van der Waals surface area (Å²) in [5.74, 6) is 1.43. The highest BCUT2D eigenvalue weighted by Crippen LogP contribution is 2.30. The van der Waals surface area contributed by atoms with Crippen LogP contribution in [0.5, 0.6) is 11.5 Å². The number of benzene rings is 1. The van der Waals surface area contributed by atoms with Crippen LogP contribution >= 0.6 is 12.4 Å². The van der Waals surface area contributed by atoms with Crippen molar-refractivity contribution in [1.29, 1.82) is 0 Å². The molecule has 0 bridgehead atoms. The van der Waals surface area contributed by atoms with Crippen molar-refractivity contribution >= 4 is 18.3 Å². The second-order valence-electron chi connectivity index (χ2n) is 6.25. The van der Waals surface area contributed by atoms with Crippen LogP contribution in [-0.2, 0) is 4.79 Å². The Kier molecular flexibility index (Phi) is 11.3. The number of rotatable bonds is 10. The first-order chi connectivity index (χ1) is 11.4. The van der Waals surface area contributed by atoms with Gasteiger partial charge in [0.1, 0.15) is 0 Å². The molecule has 1 aromatic carbocycles. The summed E-state index contributed by atoms with van der Waals surface area (Å²) in [5, 5.41) is 2.97. The molecule has 0 radical (unpaired) electrons. The van der Waals surface area contributed by atoms with Crippen LogP contribution in [-0.4, -0.2) is 25.7 Å². The second-order valence-corrected chi connectivity index (χ2v) is 6.25. The van der Waals surface area contributed by atoms with Gasteiger partial charge in [0.05, 0.1) is 25.8 Å². The molecule has 0 aliphatic heterocycles. The van der Waals surface area contributed by atoms with E-state index < -0.39 is 6.04 Å².